The normalized spacial score (nSPS) is 7.82. The van der Waals surface area contributed by atoms with Crippen molar-refractivity contribution in [3.63, 3.8) is 0 Å². The van der Waals surface area contributed by atoms with E-state index in [2.05, 4.69) is 0 Å². The highest BCUT2D eigenvalue weighted by Gasteiger charge is 1.78. The van der Waals surface area contributed by atoms with E-state index in [1.165, 1.54) is 0 Å². The zero-order valence-electron chi connectivity index (χ0n) is 6.65. The van der Waals surface area contributed by atoms with Crippen molar-refractivity contribution in [3.05, 3.63) is 30.6 Å². The molecule has 0 unspecified atom stereocenters. The van der Waals surface area contributed by atoms with Crippen molar-refractivity contribution in [1.82, 2.24) is 0 Å². The van der Waals surface area contributed by atoms with Crippen LogP contribution >= 0.6 is 0 Å². The van der Waals surface area contributed by atoms with Crippen molar-refractivity contribution >= 4 is 5.97 Å². The number of carboxylic acids is 1. The van der Waals surface area contributed by atoms with Crippen LogP contribution in [0.3, 0.4) is 0 Å². The molecule has 0 N–H and O–H groups in total. The third-order valence-electron chi connectivity index (χ3n) is 0.865. The van der Waals surface area contributed by atoms with Gasteiger partial charge in [-0.1, -0.05) is 6.07 Å². The molecule has 1 heterocycles. The summed E-state index contributed by atoms with van der Waals surface area (Å²) in [6, 6.07) is 6.00. The second-order valence-corrected chi connectivity index (χ2v) is 2.03. The highest BCUT2D eigenvalue weighted by Crippen LogP contribution is 1.71. The average molecular weight is 153 g/mol. The zero-order chi connectivity index (χ0) is 8.69. The fourth-order valence-corrected chi connectivity index (χ4v) is 0.485. The van der Waals surface area contributed by atoms with Gasteiger partial charge >= 0.3 is 0 Å². The molecule has 0 aromatic carbocycles. The van der Waals surface area contributed by atoms with Crippen LogP contribution in [0.4, 0.5) is 0 Å². The predicted octanol–water partition coefficient (Wildman–Crippen LogP) is -0.733. The molecule has 0 aliphatic heterocycles. The molecule has 0 spiro atoms. The van der Waals surface area contributed by atoms with E-state index in [0.29, 0.717) is 0 Å². The molecule has 1 aromatic heterocycles. The molecule has 0 bridgehead atoms. The first-order valence-corrected chi connectivity index (χ1v) is 3.21. The molecule has 0 radical (unpaired) electrons. The summed E-state index contributed by atoms with van der Waals surface area (Å²) in [5, 5.41) is 8.89. The Morgan fingerprint density at radius 2 is 1.64 bits per heavy atom. The smallest absolute Gasteiger partial charge is 0.168 e. The largest absolute Gasteiger partial charge is 0.550 e. The zero-order valence-corrected chi connectivity index (χ0v) is 6.65. The van der Waals surface area contributed by atoms with Crippen molar-refractivity contribution in [2.24, 2.45) is 7.05 Å². The van der Waals surface area contributed by atoms with Crippen LogP contribution < -0.4 is 9.67 Å². The fraction of sp³-hybridized carbons (Fsp3) is 0.250. The highest BCUT2D eigenvalue weighted by molar-refractivity contribution is 5.60. The first-order chi connectivity index (χ1) is 5.13. The van der Waals surface area contributed by atoms with Gasteiger partial charge in [0.2, 0.25) is 0 Å². The van der Waals surface area contributed by atoms with Gasteiger partial charge in [0.25, 0.3) is 0 Å². The minimum Gasteiger partial charge on any atom is -0.550 e. The second kappa shape index (κ2) is 5.41. The molecule has 1 aromatic rings. The number of nitrogens with zero attached hydrogens (tertiary/aromatic N) is 1. The molecule has 11 heavy (non-hydrogen) atoms. The van der Waals surface area contributed by atoms with Gasteiger partial charge < -0.3 is 9.90 Å². The van der Waals surface area contributed by atoms with Gasteiger partial charge in [0, 0.05) is 18.1 Å². The molecule has 60 valence electrons. The maximum atomic E-state index is 8.89. The summed E-state index contributed by atoms with van der Waals surface area (Å²) in [5.41, 5.74) is 0. The predicted molar refractivity (Wildman–Crippen MR) is 38.3 cm³/mol. The third-order valence-corrected chi connectivity index (χ3v) is 0.865. The Hall–Kier alpha value is -1.38. The van der Waals surface area contributed by atoms with E-state index >= 15 is 0 Å². The first-order valence-electron chi connectivity index (χ1n) is 3.21. The van der Waals surface area contributed by atoms with Crippen LogP contribution in [0.5, 0.6) is 0 Å². The first kappa shape index (κ1) is 9.62. The lowest BCUT2D eigenvalue weighted by Gasteiger charge is -1.77. The molecular formula is C8H11NO2. The van der Waals surface area contributed by atoms with Crippen LogP contribution in [0.15, 0.2) is 30.6 Å². The molecule has 0 amide bonds. The minimum atomic E-state index is -1.08. The van der Waals surface area contributed by atoms with Gasteiger partial charge in [-0.15, -0.1) is 0 Å². The van der Waals surface area contributed by atoms with Crippen molar-refractivity contribution in [2.75, 3.05) is 0 Å². The molecule has 0 aliphatic rings. The monoisotopic (exact) mass is 153 g/mol. The van der Waals surface area contributed by atoms with Crippen LogP contribution in [0, 0.1) is 0 Å². The molecular weight excluding hydrogens is 142 g/mol. The quantitative estimate of drug-likeness (QED) is 0.461. The summed E-state index contributed by atoms with van der Waals surface area (Å²) in [6.07, 6.45) is 4.00. The van der Waals surface area contributed by atoms with Gasteiger partial charge in [-0.2, -0.15) is 0 Å². The van der Waals surface area contributed by atoms with Gasteiger partial charge in [0.1, 0.15) is 7.05 Å². The van der Waals surface area contributed by atoms with Gasteiger partial charge in [-0.3, -0.25) is 0 Å². The van der Waals surface area contributed by atoms with Gasteiger partial charge in [0.15, 0.2) is 12.4 Å². The van der Waals surface area contributed by atoms with Crippen LogP contribution in [-0.4, -0.2) is 5.97 Å². The maximum Gasteiger partial charge on any atom is 0.168 e. The highest BCUT2D eigenvalue weighted by atomic mass is 16.4. The van der Waals surface area contributed by atoms with E-state index in [-0.39, 0.29) is 0 Å². The third kappa shape index (κ3) is 8.62. The van der Waals surface area contributed by atoms with E-state index in [1.807, 2.05) is 42.2 Å². The SMILES string of the molecule is CC(=O)[O-].C[n+]1ccccc1. The number of carboxylic acid groups (broad SMARTS) is 1. The van der Waals surface area contributed by atoms with Crippen LogP contribution in [0.25, 0.3) is 0 Å². The molecule has 0 saturated carbocycles. The van der Waals surface area contributed by atoms with Gasteiger partial charge in [-0.05, 0) is 6.92 Å². The number of aromatic nitrogens is 1. The Morgan fingerprint density at radius 3 is 1.82 bits per heavy atom. The minimum absolute atomic E-state index is 0.972. The Bertz CT molecular complexity index is 205. The van der Waals surface area contributed by atoms with E-state index in [4.69, 9.17) is 9.90 Å². The number of aryl methyl sites for hydroxylation is 1. The number of carbonyl (C=O) groups is 1. The van der Waals surface area contributed by atoms with E-state index < -0.39 is 5.97 Å². The number of carbonyl (C=O) groups excluding carboxylic acids is 1. The Balaban J connectivity index is 0.000000218. The number of aliphatic carboxylic acids is 1. The topological polar surface area (TPSA) is 44.0 Å². The lowest BCUT2D eigenvalue weighted by Crippen LogP contribution is -2.25. The summed E-state index contributed by atoms with van der Waals surface area (Å²) in [5.74, 6) is -1.08. The number of hydrogen-bond acceptors (Lipinski definition) is 2. The van der Waals surface area contributed by atoms with Crippen LogP contribution in [0.2, 0.25) is 0 Å². The summed E-state index contributed by atoms with van der Waals surface area (Å²) in [4.78, 5) is 8.89. The Labute approximate surface area is 65.9 Å². The standard InChI is InChI=1S/C6H8N.C2H4O2/c1-7-5-3-2-4-6-7;1-2(3)4/h2-6H,1H3;1H3,(H,3,4)/q+1;/p-1. The van der Waals surface area contributed by atoms with E-state index in [0.717, 1.165) is 6.92 Å². The van der Waals surface area contributed by atoms with E-state index in [1.54, 1.807) is 0 Å². The van der Waals surface area contributed by atoms with Crippen LogP contribution in [0.1, 0.15) is 6.92 Å². The molecule has 0 fully saturated rings. The van der Waals surface area contributed by atoms with Crippen LogP contribution in [-0.2, 0) is 11.8 Å². The van der Waals surface area contributed by atoms with E-state index in [9.17, 15) is 0 Å². The van der Waals surface area contributed by atoms with Gasteiger partial charge in [-0.25, -0.2) is 4.57 Å². The summed E-state index contributed by atoms with van der Waals surface area (Å²) < 4.78 is 2.00. The molecule has 0 atom stereocenters. The van der Waals surface area contributed by atoms with Crippen molar-refractivity contribution in [2.45, 2.75) is 6.92 Å². The summed E-state index contributed by atoms with van der Waals surface area (Å²) in [7, 11) is 2.00. The Kier molecular flexibility index (Phi) is 4.73. The Morgan fingerprint density at radius 1 is 1.27 bits per heavy atom. The molecule has 0 saturated heterocycles. The summed E-state index contributed by atoms with van der Waals surface area (Å²) in [6.45, 7) is 0.972. The summed E-state index contributed by atoms with van der Waals surface area (Å²) >= 11 is 0. The maximum absolute atomic E-state index is 8.89. The number of hydrogen-bond donors (Lipinski definition) is 0. The van der Waals surface area contributed by atoms with Crippen molar-refractivity contribution in [1.29, 1.82) is 0 Å². The van der Waals surface area contributed by atoms with Crippen molar-refractivity contribution < 1.29 is 14.5 Å². The lowest BCUT2D eigenvalue weighted by molar-refractivity contribution is -0.671. The molecule has 3 nitrogen and oxygen atoms in total. The lowest BCUT2D eigenvalue weighted by atomic mass is 10.5. The molecule has 1 rings (SSSR count). The number of pyridine rings is 1. The number of rotatable bonds is 0. The van der Waals surface area contributed by atoms with Gasteiger partial charge in [0.05, 0.1) is 0 Å². The average Bonchev–Trinajstić information content (AvgIpc) is 1.87. The second-order valence-electron chi connectivity index (χ2n) is 2.03. The fourth-order valence-electron chi connectivity index (χ4n) is 0.485. The molecule has 3 heteroatoms. The van der Waals surface area contributed by atoms with Crippen molar-refractivity contribution in [3.8, 4) is 0 Å². The molecule has 0 aliphatic carbocycles.